The summed E-state index contributed by atoms with van der Waals surface area (Å²) in [5.41, 5.74) is 1.83. The predicted octanol–water partition coefficient (Wildman–Crippen LogP) is 2.41. The molecule has 20 heavy (non-hydrogen) atoms. The molecule has 0 bridgehead atoms. The molecule has 0 saturated heterocycles. The molecule has 0 aliphatic heterocycles. The van der Waals surface area contributed by atoms with Crippen molar-refractivity contribution in [2.45, 2.75) is 13.8 Å². The van der Waals surface area contributed by atoms with Crippen LogP contribution in [0, 0.1) is 13.8 Å². The minimum absolute atomic E-state index is 0.642. The lowest BCUT2D eigenvalue weighted by molar-refractivity contribution is 0.853. The molecule has 0 spiro atoms. The van der Waals surface area contributed by atoms with E-state index >= 15 is 0 Å². The van der Waals surface area contributed by atoms with Gasteiger partial charge in [-0.1, -0.05) is 0 Å². The maximum atomic E-state index is 4.50. The van der Waals surface area contributed by atoms with Crippen LogP contribution in [0.1, 0.15) is 23.0 Å². The standard InChI is InChI=1S/C13H13BrN6/c1-8-6-15-9(2)20-13(8)17-11(18-20)4-5-12-16-10(14)7-19(12)3/h4-7H,1-3H3/b5-4+. The summed E-state index contributed by atoms with van der Waals surface area (Å²) in [6.45, 7) is 3.88. The molecule has 0 saturated carbocycles. The summed E-state index contributed by atoms with van der Waals surface area (Å²) in [6.07, 6.45) is 7.44. The Kier molecular flexibility index (Phi) is 3.13. The molecule has 7 heteroatoms. The van der Waals surface area contributed by atoms with Gasteiger partial charge in [-0.15, -0.1) is 5.10 Å². The average Bonchev–Trinajstić information content (AvgIpc) is 2.96. The molecule has 0 amide bonds. The number of nitrogens with zero attached hydrogens (tertiary/aromatic N) is 6. The number of fused-ring (bicyclic) bond motifs is 1. The first-order valence-electron chi connectivity index (χ1n) is 6.10. The zero-order valence-electron chi connectivity index (χ0n) is 11.4. The summed E-state index contributed by atoms with van der Waals surface area (Å²) in [5, 5.41) is 4.43. The highest BCUT2D eigenvalue weighted by atomic mass is 79.9. The summed E-state index contributed by atoms with van der Waals surface area (Å²) < 4.78 is 4.48. The fraction of sp³-hybridized carbons (Fsp3) is 0.231. The first-order valence-corrected chi connectivity index (χ1v) is 6.90. The summed E-state index contributed by atoms with van der Waals surface area (Å²) in [7, 11) is 1.94. The van der Waals surface area contributed by atoms with E-state index in [0.717, 1.165) is 27.5 Å². The van der Waals surface area contributed by atoms with E-state index < -0.39 is 0 Å². The quantitative estimate of drug-likeness (QED) is 0.723. The molecule has 0 aromatic carbocycles. The highest BCUT2D eigenvalue weighted by Gasteiger charge is 2.07. The van der Waals surface area contributed by atoms with Crippen LogP contribution in [0.15, 0.2) is 17.0 Å². The zero-order valence-corrected chi connectivity index (χ0v) is 13.0. The lowest BCUT2D eigenvalue weighted by Crippen LogP contribution is -1.98. The van der Waals surface area contributed by atoms with Crippen LogP contribution >= 0.6 is 15.9 Å². The number of aryl methyl sites for hydroxylation is 3. The topological polar surface area (TPSA) is 60.9 Å². The molecule has 0 atom stereocenters. The molecule has 0 radical (unpaired) electrons. The molecule has 3 heterocycles. The third kappa shape index (κ3) is 2.24. The summed E-state index contributed by atoms with van der Waals surface area (Å²) in [5.74, 6) is 2.29. The van der Waals surface area contributed by atoms with Crippen molar-refractivity contribution >= 4 is 33.7 Å². The van der Waals surface area contributed by atoms with Gasteiger partial charge in [-0.05, 0) is 41.9 Å². The van der Waals surface area contributed by atoms with Crippen molar-refractivity contribution in [3.05, 3.63) is 40.0 Å². The van der Waals surface area contributed by atoms with Gasteiger partial charge in [0, 0.05) is 25.0 Å². The number of imidazole rings is 1. The third-order valence-corrected chi connectivity index (χ3v) is 3.37. The van der Waals surface area contributed by atoms with Gasteiger partial charge in [-0.3, -0.25) is 0 Å². The first kappa shape index (κ1) is 13.0. The lowest BCUT2D eigenvalue weighted by Gasteiger charge is -1.97. The third-order valence-electron chi connectivity index (χ3n) is 2.99. The smallest absolute Gasteiger partial charge is 0.175 e. The molecule has 3 aromatic rings. The number of hydrogen-bond donors (Lipinski definition) is 0. The van der Waals surface area contributed by atoms with Gasteiger partial charge in [0.1, 0.15) is 16.3 Å². The number of hydrogen-bond acceptors (Lipinski definition) is 4. The molecular weight excluding hydrogens is 320 g/mol. The van der Waals surface area contributed by atoms with Crippen LogP contribution in [0.5, 0.6) is 0 Å². The van der Waals surface area contributed by atoms with Crippen LogP contribution in [0.3, 0.4) is 0 Å². The fourth-order valence-electron chi connectivity index (χ4n) is 1.93. The van der Waals surface area contributed by atoms with Crippen molar-refractivity contribution in [3.8, 4) is 0 Å². The number of halogens is 1. The minimum atomic E-state index is 0.642. The molecular formula is C13H13BrN6. The van der Waals surface area contributed by atoms with Crippen LogP contribution < -0.4 is 0 Å². The molecule has 3 aromatic heterocycles. The van der Waals surface area contributed by atoms with E-state index in [1.807, 2.05) is 50.0 Å². The van der Waals surface area contributed by atoms with Crippen molar-refractivity contribution in [3.63, 3.8) is 0 Å². The van der Waals surface area contributed by atoms with Gasteiger partial charge in [0.05, 0.1) is 0 Å². The van der Waals surface area contributed by atoms with E-state index in [1.165, 1.54) is 0 Å². The maximum Gasteiger partial charge on any atom is 0.175 e. The second kappa shape index (κ2) is 4.82. The van der Waals surface area contributed by atoms with E-state index in [1.54, 1.807) is 4.52 Å². The molecule has 0 fully saturated rings. The van der Waals surface area contributed by atoms with E-state index in [9.17, 15) is 0 Å². The molecule has 6 nitrogen and oxygen atoms in total. The molecule has 0 N–H and O–H groups in total. The van der Waals surface area contributed by atoms with E-state index in [2.05, 4.69) is 36.0 Å². The van der Waals surface area contributed by atoms with E-state index in [-0.39, 0.29) is 0 Å². The Balaban J connectivity index is 2.01. The normalized spacial score (nSPS) is 11.8. The predicted molar refractivity (Wildman–Crippen MR) is 80.1 cm³/mol. The Morgan fingerprint density at radius 3 is 2.65 bits per heavy atom. The monoisotopic (exact) mass is 332 g/mol. The van der Waals surface area contributed by atoms with E-state index in [4.69, 9.17) is 0 Å². The van der Waals surface area contributed by atoms with Crippen LogP contribution in [0.4, 0.5) is 0 Å². The number of rotatable bonds is 2. The van der Waals surface area contributed by atoms with Crippen LogP contribution in [-0.2, 0) is 7.05 Å². The Bertz CT molecular complexity index is 775. The van der Waals surface area contributed by atoms with Crippen LogP contribution in [0.2, 0.25) is 0 Å². The van der Waals surface area contributed by atoms with Gasteiger partial charge >= 0.3 is 0 Å². The molecule has 0 unspecified atom stereocenters. The van der Waals surface area contributed by atoms with Crippen molar-refractivity contribution in [2.24, 2.45) is 7.05 Å². The highest BCUT2D eigenvalue weighted by Crippen LogP contribution is 2.12. The van der Waals surface area contributed by atoms with E-state index in [0.29, 0.717) is 5.82 Å². The largest absolute Gasteiger partial charge is 0.333 e. The van der Waals surface area contributed by atoms with Crippen LogP contribution in [-0.4, -0.2) is 29.1 Å². The Morgan fingerprint density at radius 2 is 2.00 bits per heavy atom. The van der Waals surface area contributed by atoms with Crippen molar-refractivity contribution in [1.82, 2.24) is 29.1 Å². The van der Waals surface area contributed by atoms with Crippen molar-refractivity contribution < 1.29 is 0 Å². The molecule has 0 aliphatic rings. The Morgan fingerprint density at radius 1 is 1.20 bits per heavy atom. The number of aromatic nitrogens is 6. The van der Waals surface area contributed by atoms with Crippen molar-refractivity contribution in [2.75, 3.05) is 0 Å². The van der Waals surface area contributed by atoms with Gasteiger partial charge in [-0.2, -0.15) is 4.52 Å². The average molecular weight is 333 g/mol. The SMILES string of the molecule is Cc1cnc(C)n2nc(/C=C/c3nc(Br)cn3C)nc12. The first-order chi connectivity index (χ1) is 9.54. The Labute approximate surface area is 124 Å². The highest BCUT2D eigenvalue weighted by molar-refractivity contribution is 9.10. The Hall–Kier alpha value is -2.02. The van der Waals surface area contributed by atoms with Crippen LogP contribution in [0.25, 0.3) is 17.8 Å². The summed E-state index contributed by atoms with van der Waals surface area (Å²) in [6, 6.07) is 0. The van der Waals surface area contributed by atoms with Gasteiger partial charge in [-0.25, -0.2) is 15.0 Å². The van der Waals surface area contributed by atoms with Gasteiger partial charge in [0.2, 0.25) is 0 Å². The van der Waals surface area contributed by atoms with Gasteiger partial charge < -0.3 is 4.57 Å². The minimum Gasteiger partial charge on any atom is -0.333 e. The fourth-order valence-corrected chi connectivity index (χ4v) is 2.42. The zero-order chi connectivity index (χ0) is 14.3. The van der Waals surface area contributed by atoms with Gasteiger partial charge in [0.15, 0.2) is 11.5 Å². The summed E-state index contributed by atoms with van der Waals surface area (Å²) >= 11 is 3.35. The second-order valence-electron chi connectivity index (χ2n) is 4.56. The molecule has 3 rings (SSSR count). The lowest BCUT2D eigenvalue weighted by atomic mass is 10.3. The van der Waals surface area contributed by atoms with Gasteiger partial charge in [0.25, 0.3) is 0 Å². The second-order valence-corrected chi connectivity index (χ2v) is 5.37. The molecule has 102 valence electrons. The maximum absolute atomic E-state index is 4.50. The van der Waals surface area contributed by atoms with Crippen molar-refractivity contribution in [1.29, 1.82) is 0 Å². The summed E-state index contributed by atoms with van der Waals surface area (Å²) in [4.78, 5) is 13.1. The molecule has 0 aliphatic carbocycles.